The van der Waals surface area contributed by atoms with Crippen molar-refractivity contribution in [1.82, 2.24) is 19.6 Å². The van der Waals surface area contributed by atoms with E-state index in [0.29, 0.717) is 5.92 Å². The number of hydrogen-bond acceptors (Lipinski definition) is 5. The number of hydrogen-bond donors (Lipinski definition) is 2. The lowest BCUT2D eigenvalue weighted by molar-refractivity contribution is 0.0927. The van der Waals surface area contributed by atoms with Gasteiger partial charge in [0.1, 0.15) is 15.6 Å². The Morgan fingerprint density at radius 1 is 1.46 bits per heavy atom. The maximum Gasteiger partial charge on any atom is 0.268 e. The second-order valence-corrected chi connectivity index (χ2v) is 9.19. The van der Waals surface area contributed by atoms with Crippen LogP contribution in [0, 0.1) is 12.8 Å². The summed E-state index contributed by atoms with van der Waals surface area (Å²) in [6.45, 7) is 1.93. The van der Waals surface area contributed by atoms with Crippen molar-refractivity contribution in [3.05, 3.63) is 34.0 Å². The van der Waals surface area contributed by atoms with E-state index in [1.165, 1.54) is 37.7 Å². The quantitative estimate of drug-likeness (QED) is 0.814. The molecular formula is C15H20N4O3S2. The van der Waals surface area contributed by atoms with Crippen molar-refractivity contribution >= 4 is 27.3 Å². The molecule has 1 saturated carbocycles. The summed E-state index contributed by atoms with van der Waals surface area (Å²) in [5.74, 6) is 0.0828. The van der Waals surface area contributed by atoms with Crippen LogP contribution in [0.4, 0.5) is 0 Å². The molecule has 2 aromatic heterocycles. The minimum absolute atomic E-state index is 0.0747. The first-order valence-corrected chi connectivity index (χ1v) is 9.95. The Balaban J connectivity index is 1.78. The highest BCUT2D eigenvalue weighted by Crippen LogP contribution is 2.42. The van der Waals surface area contributed by atoms with E-state index < -0.39 is 10.0 Å². The van der Waals surface area contributed by atoms with Crippen LogP contribution < -0.4 is 5.32 Å². The Morgan fingerprint density at radius 2 is 2.17 bits per heavy atom. The molecule has 2 heterocycles. The molecule has 1 amide bonds. The zero-order chi connectivity index (χ0) is 17.5. The molecule has 2 N–H and O–H groups in total. The number of nitrogens with one attached hydrogen (secondary N) is 2. The van der Waals surface area contributed by atoms with Crippen LogP contribution in [-0.4, -0.2) is 42.7 Å². The summed E-state index contributed by atoms with van der Waals surface area (Å²) in [6.07, 6.45) is 3.47. The maximum absolute atomic E-state index is 12.5. The summed E-state index contributed by atoms with van der Waals surface area (Å²) in [6, 6.07) is 1.25. The largest absolute Gasteiger partial charge is 0.356 e. The van der Waals surface area contributed by atoms with E-state index in [1.54, 1.807) is 0 Å². The van der Waals surface area contributed by atoms with E-state index in [-0.39, 0.29) is 22.5 Å². The molecule has 2 aromatic rings. The molecule has 0 spiro atoms. The smallest absolute Gasteiger partial charge is 0.268 e. The van der Waals surface area contributed by atoms with Crippen LogP contribution in [0.2, 0.25) is 0 Å². The van der Waals surface area contributed by atoms with Crippen molar-refractivity contribution in [2.24, 2.45) is 5.92 Å². The molecule has 24 heavy (non-hydrogen) atoms. The molecule has 0 aliphatic heterocycles. The van der Waals surface area contributed by atoms with Crippen molar-refractivity contribution in [1.29, 1.82) is 0 Å². The first kappa shape index (κ1) is 17.1. The highest BCUT2D eigenvalue weighted by atomic mass is 32.2. The Labute approximate surface area is 145 Å². The molecule has 0 saturated heterocycles. The average Bonchev–Trinajstić information content (AvgIpc) is 3.06. The number of aromatic amines is 1. The number of aromatic nitrogens is 2. The molecule has 1 aliphatic rings. The summed E-state index contributed by atoms with van der Waals surface area (Å²) in [7, 11) is -0.650. The number of carbonyl (C=O) groups is 1. The van der Waals surface area contributed by atoms with Gasteiger partial charge in [-0.2, -0.15) is 0 Å². The first-order chi connectivity index (χ1) is 11.3. The fourth-order valence-electron chi connectivity index (χ4n) is 2.41. The highest BCUT2D eigenvalue weighted by Gasteiger charge is 2.35. The van der Waals surface area contributed by atoms with E-state index in [4.69, 9.17) is 0 Å². The molecule has 0 aromatic carbocycles. The van der Waals surface area contributed by atoms with Gasteiger partial charge in [-0.1, -0.05) is 0 Å². The van der Waals surface area contributed by atoms with Crippen LogP contribution in [0.5, 0.6) is 0 Å². The third kappa shape index (κ3) is 3.38. The van der Waals surface area contributed by atoms with Gasteiger partial charge in [0.15, 0.2) is 0 Å². The number of sulfonamides is 1. The van der Waals surface area contributed by atoms with Crippen molar-refractivity contribution < 1.29 is 13.2 Å². The van der Waals surface area contributed by atoms with Crippen LogP contribution in [-0.2, 0) is 10.0 Å². The Morgan fingerprint density at radius 3 is 2.71 bits per heavy atom. The minimum atomic E-state index is -3.56. The van der Waals surface area contributed by atoms with Crippen molar-refractivity contribution in [2.45, 2.75) is 30.7 Å². The average molecular weight is 368 g/mol. The predicted octanol–water partition coefficient (Wildman–Crippen LogP) is 1.91. The SMILES string of the molecule is Cc1csc(C(NC(=O)c2cc(S(=O)(=O)N(C)C)c[nH]2)C2CC2)n1. The summed E-state index contributed by atoms with van der Waals surface area (Å²) in [4.78, 5) is 19.8. The van der Waals surface area contributed by atoms with Gasteiger partial charge in [-0.15, -0.1) is 11.3 Å². The van der Waals surface area contributed by atoms with Gasteiger partial charge in [-0.05, 0) is 31.7 Å². The van der Waals surface area contributed by atoms with Crippen LogP contribution >= 0.6 is 11.3 Å². The van der Waals surface area contributed by atoms with E-state index in [1.807, 2.05) is 12.3 Å². The number of amides is 1. The third-order valence-electron chi connectivity index (χ3n) is 3.96. The molecular weight excluding hydrogens is 348 g/mol. The number of H-pyrrole nitrogens is 1. The van der Waals surface area contributed by atoms with Gasteiger partial charge < -0.3 is 10.3 Å². The molecule has 1 atom stereocenters. The van der Waals surface area contributed by atoms with Crippen LogP contribution in [0.3, 0.4) is 0 Å². The fraction of sp³-hybridized carbons (Fsp3) is 0.467. The van der Waals surface area contributed by atoms with Crippen molar-refractivity contribution in [3.8, 4) is 0 Å². The lowest BCUT2D eigenvalue weighted by Crippen LogP contribution is -2.30. The number of carbonyl (C=O) groups excluding carboxylic acids is 1. The standard InChI is InChI=1S/C15H20N4O3S2/c1-9-8-23-15(17-9)13(10-4-5-10)18-14(20)12-6-11(7-16-12)24(21,22)19(2)3/h6-8,10,13,16H,4-5H2,1-3H3,(H,18,20). The number of aryl methyl sites for hydroxylation is 1. The fourth-order valence-corrected chi connectivity index (χ4v) is 4.25. The minimum Gasteiger partial charge on any atom is -0.356 e. The molecule has 9 heteroatoms. The number of rotatable bonds is 6. The summed E-state index contributed by atoms with van der Waals surface area (Å²) in [5, 5.41) is 5.85. The van der Waals surface area contributed by atoms with E-state index >= 15 is 0 Å². The second-order valence-electron chi connectivity index (χ2n) is 6.15. The Kier molecular flexibility index (Phi) is 4.50. The third-order valence-corrected chi connectivity index (χ3v) is 6.80. The van der Waals surface area contributed by atoms with E-state index in [2.05, 4.69) is 15.3 Å². The molecule has 0 bridgehead atoms. The van der Waals surface area contributed by atoms with Crippen molar-refractivity contribution in [3.63, 3.8) is 0 Å². The molecule has 0 radical (unpaired) electrons. The number of nitrogens with zero attached hydrogens (tertiary/aromatic N) is 2. The van der Waals surface area contributed by atoms with Crippen LogP contribution in [0.25, 0.3) is 0 Å². The van der Waals surface area contributed by atoms with E-state index in [0.717, 1.165) is 27.8 Å². The molecule has 1 aliphatic carbocycles. The maximum atomic E-state index is 12.5. The zero-order valence-electron chi connectivity index (χ0n) is 13.7. The topological polar surface area (TPSA) is 95.2 Å². The van der Waals surface area contributed by atoms with Gasteiger partial charge in [0, 0.05) is 31.4 Å². The highest BCUT2D eigenvalue weighted by molar-refractivity contribution is 7.89. The van der Waals surface area contributed by atoms with Crippen LogP contribution in [0.1, 0.15) is 40.1 Å². The summed E-state index contributed by atoms with van der Waals surface area (Å²) >= 11 is 1.54. The molecule has 7 nitrogen and oxygen atoms in total. The normalized spacial score (nSPS) is 16.3. The Hall–Kier alpha value is -1.71. The van der Waals surface area contributed by atoms with Gasteiger partial charge in [-0.25, -0.2) is 17.7 Å². The molecule has 1 unspecified atom stereocenters. The van der Waals surface area contributed by atoms with Crippen molar-refractivity contribution in [2.75, 3.05) is 14.1 Å². The van der Waals surface area contributed by atoms with E-state index in [9.17, 15) is 13.2 Å². The summed E-state index contributed by atoms with van der Waals surface area (Å²) in [5.41, 5.74) is 1.17. The Bertz CT molecular complexity index is 850. The molecule has 130 valence electrons. The molecule has 3 rings (SSSR count). The lowest BCUT2D eigenvalue weighted by atomic mass is 10.2. The van der Waals surface area contributed by atoms with Gasteiger partial charge in [0.2, 0.25) is 10.0 Å². The predicted molar refractivity (Wildman–Crippen MR) is 91.4 cm³/mol. The second kappa shape index (κ2) is 6.30. The van der Waals surface area contributed by atoms with Crippen LogP contribution in [0.15, 0.2) is 22.5 Å². The first-order valence-electron chi connectivity index (χ1n) is 7.63. The van der Waals surface area contributed by atoms with Gasteiger partial charge in [-0.3, -0.25) is 4.79 Å². The zero-order valence-corrected chi connectivity index (χ0v) is 15.4. The molecule has 1 fully saturated rings. The monoisotopic (exact) mass is 368 g/mol. The van der Waals surface area contributed by atoms with Gasteiger partial charge >= 0.3 is 0 Å². The van der Waals surface area contributed by atoms with Gasteiger partial charge in [0.25, 0.3) is 5.91 Å². The lowest BCUT2D eigenvalue weighted by Gasteiger charge is -2.15. The summed E-state index contributed by atoms with van der Waals surface area (Å²) < 4.78 is 25.3. The number of thiazole rings is 1. The van der Waals surface area contributed by atoms with Gasteiger partial charge in [0.05, 0.1) is 6.04 Å².